The van der Waals surface area contributed by atoms with Gasteiger partial charge in [0.15, 0.2) is 0 Å². The number of nitrogens with zero attached hydrogens (tertiary/aromatic N) is 2. The Labute approximate surface area is 174 Å². The van der Waals surface area contributed by atoms with Crippen LogP contribution >= 0.6 is 11.6 Å². The van der Waals surface area contributed by atoms with Crippen LogP contribution in [0.25, 0.3) is 0 Å². The molecule has 0 bridgehead atoms. The van der Waals surface area contributed by atoms with Crippen molar-refractivity contribution in [3.63, 3.8) is 0 Å². The second-order valence-electron chi connectivity index (χ2n) is 8.08. The molecule has 1 saturated carbocycles. The summed E-state index contributed by atoms with van der Waals surface area (Å²) in [6.45, 7) is 4.08. The summed E-state index contributed by atoms with van der Waals surface area (Å²) >= 11 is 5.86. The van der Waals surface area contributed by atoms with Crippen molar-refractivity contribution in [3.8, 4) is 17.6 Å². The van der Waals surface area contributed by atoms with Gasteiger partial charge in [-0.15, -0.1) is 0 Å². The van der Waals surface area contributed by atoms with Crippen molar-refractivity contribution in [2.75, 3.05) is 33.2 Å². The van der Waals surface area contributed by atoms with Gasteiger partial charge in [-0.2, -0.15) is 0 Å². The van der Waals surface area contributed by atoms with Gasteiger partial charge < -0.3 is 9.64 Å². The molecule has 1 aromatic carbocycles. The van der Waals surface area contributed by atoms with Crippen molar-refractivity contribution in [1.82, 2.24) is 9.80 Å². The fourth-order valence-corrected chi connectivity index (χ4v) is 4.18. The highest BCUT2D eigenvalue weighted by atomic mass is 35.5. The van der Waals surface area contributed by atoms with Crippen LogP contribution in [0.3, 0.4) is 0 Å². The van der Waals surface area contributed by atoms with E-state index in [1.165, 1.54) is 32.4 Å². The first kappa shape index (κ1) is 21.0. The Bertz CT molecular complexity index is 681. The largest absolute Gasteiger partial charge is 0.414 e. The van der Waals surface area contributed by atoms with Crippen LogP contribution in [0.4, 0.5) is 4.79 Å². The van der Waals surface area contributed by atoms with E-state index in [1.54, 1.807) is 29.2 Å². The van der Waals surface area contributed by atoms with Crippen LogP contribution in [-0.2, 0) is 0 Å². The minimum Gasteiger partial charge on any atom is -0.410 e. The molecule has 0 atom stereocenters. The van der Waals surface area contributed by atoms with E-state index >= 15 is 0 Å². The molecule has 1 aliphatic carbocycles. The van der Waals surface area contributed by atoms with Gasteiger partial charge >= 0.3 is 6.09 Å². The van der Waals surface area contributed by atoms with Crippen molar-refractivity contribution >= 4 is 17.7 Å². The van der Waals surface area contributed by atoms with Crippen molar-refractivity contribution in [2.24, 2.45) is 11.8 Å². The Balaban J connectivity index is 1.36. The highest BCUT2D eigenvalue weighted by Crippen LogP contribution is 2.29. The number of benzene rings is 1. The van der Waals surface area contributed by atoms with E-state index in [2.05, 4.69) is 16.7 Å². The minimum absolute atomic E-state index is 0.314. The summed E-state index contributed by atoms with van der Waals surface area (Å²) in [5.74, 6) is 8.48. The average molecular weight is 403 g/mol. The summed E-state index contributed by atoms with van der Waals surface area (Å²) in [6, 6.07) is 6.86. The van der Waals surface area contributed by atoms with E-state index in [-0.39, 0.29) is 6.09 Å². The van der Waals surface area contributed by atoms with E-state index in [0.717, 1.165) is 38.8 Å². The third-order valence-corrected chi connectivity index (χ3v) is 6.02. The highest BCUT2D eigenvalue weighted by molar-refractivity contribution is 6.30. The number of hydrogen-bond acceptors (Lipinski definition) is 3. The molecule has 1 aliphatic heterocycles. The molecule has 2 aliphatic rings. The number of halogens is 1. The summed E-state index contributed by atoms with van der Waals surface area (Å²) < 4.78 is 5.41. The monoisotopic (exact) mass is 402 g/mol. The van der Waals surface area contributed by atoms with E-state index in [9.17, 15) is 4.79 Å². The second-order valence-corrected chi connectivity index (χ2v) is 8.51. The van der Waals surface area contributed by atoms with Crippen LogP contribution in [0.15, 0.2) is 24.3 Å². The van der Waals surface area contributed by atoms with E-state index in [0.29, 0.717) is 22.6 Å². The molecule has 5 heteroatoms. The number of amides is 1. The Morgan fingerprint density at radius 3 is 2.50 bits per heavy atom. The molecule has 0 N–H and O–H groups in total. The van der Waals surface area contributed by atoms with Crippen LogP contribution in [0.1, 0.15) is 44.9 Å². The zero-order valence-corrected chi connectivity index (χ0v) is 17.6. The molecule has 1 saturated heterocycles. The third-order valence-electron chi connectivity index (χ3n) is 5.77. The lowest BCUT2D eigenvalue weighted by Crippen LogP contribution is -2.35. The quantitative estimate of drug-likeness (QED) is 0.659. The van der Waals surface area contributed by atoms with Crippen LogP contribution in [-0.4, -0.2) is 49.1 Å². The molecule has 0 radical (unpaired) electrons. The fourth-order valence-electron chi connectivity index (χ4n) is 4.05. The summed E-state index contributed by atoms with van der Waals surface area (Å²) in [5.41, 5.74) is 0. The first-order chi connectivity index (χ1) is 13.6. The van der Waals surface area contributed by atoms with Gasteiger partial charge in [-0.3, -0.25) is 4.90 Å². The maximum absolute atomic E-state index is 12.3. The lowest BCUT2D eigenvalue weighted by Gasteiger charge is -2.29. The van der Waals surface area contributed by atoms with Crippen molar-refractivity contribution in [3.05, 3.63) is 29.3 Å². The highest BCUT2D eigenvalue weighted by Gasteiger charge is 2.23. The Morgan fingerprint density at radius 2 is 1.82 bits per heavy atom. The molecular weight excluding hydrogens is 372 g/mol. The number of hydrogen-bond donors (Lipinski definition) is 0. The zero-order chi connectivity index (χ0) is 19.8. The number of ether oxygens (including phenoxy) is 1. The van der Waals surface area contributed by atoms with E-state index < -0.39 is 0 Å². The second kappa shape index (κ2) is 10.7. The Morgan fingerprint density at radius 1 is 1.14 bits per heavy atom. The molecule has 152 valence electrons. The standard InChI is InChI=1S/C23H31ClN2O2/c1-25(23(27)28-22-13-11-21(24)12-14-22)18-20-9-7-19(8-10-20)6-5-17-26-15-3-2-4-16-26/h11-14,19-20H,2-4,7-10,15-18H2,1H3. The average Bonchev–Trinajstić information content (AvgIpc) is 2.72. The van der Waals surface area contributed by atoms with Crippen LogP contribution in [0.5, 0.6) is 5.75 Å². The molecule has 4 nitrogen and oxygen atoms in total. The lowest BCUT2D eigenvalue weighted by molar-refractivity contribution is 0.148. The van der Waals surface area contributed by atoms with Gasteiger partial charge in [-0.05, 0) is 81.8 Å². The van der Waals surface area contributed by atoms with Gasteiger partial charge in [-0.25, -0.2) is 4.79 Å². The molecule has 0 spiro atoms. The summed E-state index contributed by atoms with van der Waals surface area (Å²) in [4.78, 5) is 16.4. The predicted octanol–water partition coefficient (Wildman–Crippen LogP) is 5.07. The van der Waals surface area contributed by atoms with Gasteiger partial charge in [-0.1, -0.05) is 29.9 Å². The van der Waals surface area contributed by atoms with Gasteiger partial charge in [0, 0.05) is 24.5 Å². The molecule has 1 aromatic rings. The first-order valence-corrected chi connectivity index (χ1v) is 10.9. The third kappa shape index (κ3) is 6.72. The number of carbonyl (C=O) groups excluding carboxylic acids is 1. The number of rotatable bonds is 4. The van der Waals surface area contributed by atoms with Crippen molar-refractivity contribution in [2.45, 2.75) is 44.9 Å². The van der Waals surface area contributed by atoms with Crippen LogP contribution in [0.2, 0.25) is 5.02 Å². The number of piperidine rings is 1. The van der Waals surface area contributed by atoms with Crippen molar-refractivity contribution in [1.29, 1.82) is 0 Å². The smallest absolute Gasteiger partial charge is 0.410 e. The van der Waals surface area contributed by atoms with Gasteiger partial charge in [0.1, 0.15) is 5.75 Å². The van der Waals surface area contributed by atoms with E-state index in [1.807, 2.05) is 7.05 Å². The first-order valence-electron chi connectivity index (χ1n) is 10.5. The van der Waals surface area contributed by atoms with Crippen LogP contribution < -0.4 is 4.74 Å². The van der Waals surface area contributed by atoms with Crippen molar-refractivity contribution < 1.29 is 9.53 Å². The SMILES string of the molecule is CN(CC1CCC(C#CCN2CCCCC2)CC1)C(=O)Oc1ccc(Cl)cc1. The van der Waals surface area contributed by atoms with Gasteiger partial charge in [0.25, 0.3) is 0 Å². The summed E-state index contributed by atoms with van der Waals surface area (Å²) in [6.07, 6.45) is 8.22. The van der Waals surface area contributed by atoms with E-state index in [4.69, 9.17) is 16.3 Å². The fraction of sp³-hybridized carbons (Fsp3) is 0.609. The molecule has 1 amide bonds. The van der Waals surface area contributed by atoms with Gasteiger partial charge in [0.05, 0.1) is 6.54 Å². The molecule has 3 rings (SSSR count). The molecule has 0 aromatic heterocycles. The summed E-state index contributed by atoms with van der Waals surface area (Å²) in [7, 11) is 1.81. The topological polar surface area (TPSA) is 32.8 Å². The lowest BCUT2D eigenvalue weighted by atomic mass is 9.82. The molecule has 28 heavy (non-hydrogen) atoms. The maximum Gasteiger partial charge on any atom is 0.414 e. The molecule has 1 heterocycles. The normalized spacial score (nSPS) is 22.8. The number of likely N-dealkylation sites (tertiary alicyclic amines) is 1. The Kier molecular flexibility index (Phi) is 8.06. The molecule has 0 unspecified atom stereocenters. The minimum atomic E-state index is -0.314. The predicted molar refractivity (Wildman–Crippen MR) is 114 cm³/mol. The Hall–Kier alpha value is -1.70. The number of carbonyl (C=O) groups is 1. The molecular formula is C23H31ClN2O2. The van der Waals surface area contributed by atoms with Gasteiger partial charge in [0.2, 0.25) is 0 Å². The zero-order valence-electron chi connectivity index (χ0n) is 16.8. The van der Waals surface area contributed by atoms with Crippen LogP contribution in [0, 0.1) is 23.7 Å². The molecule has 2 fully saturated rings. The maximum atomic E-state index is 12.3. The summed E-state index contributed by atoms with van der Waals surface area (Å²) in [5, 5.41) is 0.629.